The average Bonchev–Trinajstić information content (AvgIpc) is 3.47. The van der Waals surface area contributed by atoms with E-state index in [0.29, 0.717) is 18.2 Å². The summed E-state index contributed by atoms with van der Waals surface area (Å²) in [6.07, 6.45) is 2.85. The lowest BCUT2D eigenvalue weighted by molar-refractivity contribution is -0.122. The molecule has 1 aromatic heterocycles. The topological polar surface area (TPSA) is 56.2 Å². The molecular weight excluding hydrogens is 362 g/mol. The molecule has 5 nitrogen and oxygen atoms in total. The van der Waals surface area contributed by atoms with E-state index in [9.17, 15) is 4.79 Å². The van der Waals surface area contributed by atoms with Crippen molar-refractivity contribution in [2.24, 2.45) is 5.92 Å². The zero-order valence-electron chi connectivity index (χ0n) is 15.0. The van der Waals surface area contributed by atoms with Crippen molar-refractivity contribution in [2.45, 2.75) is 32.4 Å². The Balaban J connectivity index is 1.40. The molecule has 27 heavy (non-hydrogen) atoms. The van der Waals surface area contributed by atoms with Gasteiger partial charge in [-0.15, -0.1) is 0 Å². The monoisotopic (exact) mass is 383 g/mol. The second-order valence-electron chi connectivity index (χ2n) is 6.82. The lowest BCUT2D eigenvalue weighted by Crippen LogP contribution is -2.26. The number of hydrogen-bond donors (Lipinski definition) is 1. The number of aromatic nitrogens is 2. The van der Waals surface area contributed by atoms with Gasteiger partial charge in [0, 0.05) is 17.5 Å². The average molecular weight is 384 g/mol. The lowest BCUT2D eigenvalue weighted by Gasteiger charge is -2.11. The summed E-state index contributed by atoms with van der Waals surface area (Å²) in [6, 6.07) is 15.4. The first-order valence-corrected chi connectivity index (χ1v) is 9.69. The van der Waals surface area contributed by atoms with Crippen LogP contribution in [0.3, 0.4) is 0 Å². The van der Waals surface area contributed by atoms with E-state index < -0.39 is 0 Å². The van der Waals surface area contributed by atoms with Gasteiger partial charge in [0.2, 0.25) is 5.91 Å². The normalized spacial score (nSPS) is 13.7. The molecule has 1 N–H and O–H groups in total. The number of hydrogen-bond acceptors (Lipinski definition) is 3. The summed E-state index contributed by atoms with van der Waals surface area (Å²) in [7, 11) is 0. The molecule has 4 rings (SSSR count). The van der Waals surface area contributed by atoms with E-state index >= 15 is 0 Å². The zero-order chi connectivity index (χ0) is 18.6. The van der Waals surface area contributed by atoms with E-state index in [2.05, 4.69) is 16.0 Å². The predicted octanol–water partition coefficient (Wildman–Crippen LogP) is 4.19. The Hall–Kier alpha value is -2.53. The maximum Gasteiger partial charge on any atom is 0.223 e. The van der Waals surface area contributed by atoms with Gasteiger partial charge in [0.1, 0.15) is 11.6 Å². The Labute approximate surface area is 163 Å². The summed E-state index contributed by atoms with van der Waals surface area (Å²) in [5, 5.41) is 3.72. The second-order valence-corrected chi connectivity index (χ2v) is 7.25. The molecule has 6 heteroatoms. The van der Waals surface area contributed by atoms with Crippen LogP contribution < -0.4 is 10.1 Å². The van der Waals surface area contributed by atoms with Gasteiger partial charge in [-0.3, -0.25) is 4.79 Å². The highest BCUT2D eigenvalue weighted by Crippen LogP contribution is 2.29. The third kappa shape index (κ3) is 4.42. The van der Waals surface area contributed by atoms with Gasteiger partial charge in [0.15, 0.2) is 0 Å². The van der Waals surface area contributed by atoms with Crippen LogP contribution in [0.4, 0.5) is 0 Å². The molecule has 0 aliphatic heterocycles. The summed E-state index contributed by atoms with van der Waals surface area (Å²) in [4.78, 5) is 16.7. The van der Waals surface area contributed by atoms with E-state index in [1.165, 1.54) is 0 Å². The summed E-state index contributed by atoms with van der Waals surface area (Å²) < 4.78 is 7.96. The van der Waals surface area contributed by atoms with E-state index in [0.717, 1.165) is 48.4 Å². The molecule has 0 atom stereocenters. The number of carbonyl (C=O) groups excluding carboxylic acids is 1. The van der Waals surface area contributed by atoms with Gasteiger partial charge in [-0.2, -0.15) is 0 Å². The summed E-state index contributed by atoms with van der Waals surface area (Å²) >= 11 is 5.89. The number of amides is 1. The van der Waals surface area contributed by atoms with Crippen LogP contribution in [0, 0.1) is 5.92 Å². The third-order valence-corrected chi connectivity index (χ3v) is 4.96. The highest BCUT2D eigenvalue weighted by atomic mass is 35.5. The number of benzene rings is 2. The van der Waals surface area contributed by atoms with Gasteiger partial charge < -0.3 is 14.6 Å². The van der Waals surface area contributed by atoms with Gasteiger partial charge in [-0.05, 0) is 55.7 Å². The minimum absolute atomic E-state index is 0.139. The highest BCUT2D eigenvalue weighted by molar-refractivity contribution is 6.30. The Morgan fingerprint density at radius 2 is 1.96 bits per heavy atom. The van der Waals surface area contributed by atoms with Gasteiger partial charge in [0.25, 0.3) is 0 Å². The Morgan fingerprint density at radius 1 is 1.19 bits per heavy atom. The number of rotatable bonds is 8. The summed E-state index contributed by atoms with van der Waals surface area (Å²) in [6.45, 7) is 1.84. The number of nitrogens with one attached hydrogen (secondary N) is 1. The second kappa shape index (κ2) is 8.01. The molecular formula is C21H22ClN3O2. The third-order valence-electron chi connectivity index (χ3n) is 4.71. The molecule has 0 spiro atoms. The van der Waals surface area contributed by atoms with Crippen LogP contribution in [-0.4, -0.2) is 22.1 Å². The van der Waals surface area contributed by atoms with E-state index in [4.69, 9.17) is 21.3 Å². The van der Waals surface area contributed by atoms with E-state index in [1.54, 1.807) is 0 Å². The van der Waals surface area contributed by atoms with Crippen molar-refractivity contribution in [1.82, 2.24) is 14.9 Å². The quantitative estimate of drug-likeness (QED) is 0.593. The molecule has 1 saturated carbocycles. The number of fused-ring (bicyclic) bond motifs is 1. The SMILES string of the molecule is O=C(NCc1nc2ccccc2n1CCCOc1ccc(Cl)cc1)C1CC1. The Kier molecular flexibility index (Phi) is 5.30. The fourth-order valence-electron chi connectivity index (χ4n) is 3.11. The van der Waals surface area contributed by atoms with Crippen molar-refractivity contribution >= 4 is 28.5 Å². The first kappa shape index (κ1) is 17.9. The number of carbonyl (C=O) groups is 1. The van der Waals surface area contributed by atoms with Crippen LogP contribution in [0.2, 0.25) is 5.02 Å². The molecule has 1 aliphatic rings. The minimum atomic E-state index is 0.139. The lowest BCUT2D eigenvalue weighted by atomic mass is 10.3. The van der Waals surface area contributed by atoms with Crippen LogP contribution in [0.5, 0.6) is 5.75 Å². The summed E-state index contributed by atoms with van der Waals surface area (Å²) in [5.74, 6) is 2.04. The molecule has 1 aliphatic carbocycles. The molecule has 2 aromatic carbocycles. The van der Waals surface area contributed by atoms with Crippen LogP contribution in [0.15, 0.2) is 48.5 Å². The number of nitrogens with zero attached hydrogens (tertiary/aromatic N) is 2. The van der Waals surface area contributed by atoms with Crippen molar-refractivity contribution in [3.8, 4) is 5.75 Å². The van der Waals surface area contributed by atoms with Crippen LogP contribution in [0.1, 0.15) is 25.1 Å². The first-order chi connectivity index (χ1) is 13.2. The van der Waals surface area contributed by atoms with Gasteiger partial charge >= 0.3 is 0 Å². The number of aryl methyl sites for hydroxylation is 1. The number of ether oxygens (including phenoxy) is 1. The van der Waals surface area contributed by atoms with Gasteiger partial charge in [-0.25, -0.2) is 4.98 Å². The molecule has 1 amide bonds. The highest BCUT2D eigenvalue weighted by Gasteiger charge is 2.29. The van der Waals surface area contributed by atoms with Crippen LogP contribution in [-0.2, 0) is 17.9 Å². The first-order valence-electron chi connectivity index (χ1n) is 9.31. The standard InChI is InChI=1S/C21H22ClN3O2/c22-16-8-10-17(11-9-16)27-13-3-12-25-19-5-2-1-4-18(19)24-20(25)14-23-21(26)15-6-7-15/h1-2,4-5,8-11,15H,3,6-7,12-14H2,(H,23,26). The van der Waals surface area contributed by atoms with Crippen molar-refractivity contribution in [3.05, 3.63) is 59.4 Å². The number of para-hydroxylation sites is 2. The fraction of sp³-hybridized carbons (Fsp3) is 0.333. The van der Waals surface area contributed by atoms with Crippen molar-refractivity contribution in [3.63, 3.8) is 0 Å². The molecule has 0 radical (unpaired) electrons. The van der Waals surface area contributed by atoms with Crippen molar-refractivity contribution in [1.29, 1.82) is 0 Å². The smallest absolute Gasteiger partial charge is 0.223 e. The van der Waals surface area contributed by atoms with Crippen LogP contribution >= 0.6 is 11.6 Å². The minimum Gasteiger partial charge on any atom is -0.494 e. The van der Waals surface area contributed by atoms with Gasteiger partial charge in [-0.1, -0.05) is 23.7 Å². The Morgan fingerprint density at radius 3 is 2.74 bits per heavy atom. The van der Waals surface area contributed by atoms with Crippen LogP contribution in [0.25, 0.3) is 11.0 Å². The van der Waals surface area contributed by atoms with E-state index in [-0.39, 0.29) is 11.8 Å². The fourth-order valence-corrected chi connectivity index (χ4v) is 3.24. The summed E-state index contributed by atoms with van der Waals surface area (Å²) in [5.41, 5.74) is 2.03. The Bertz CT molecular complexity index is 932. The van der Waals surface area contributed by atoms with Crippen molar-refractivity contribution in [2.75, 3.05) is 6.61 Å². The number of imidazole rings is 1. The maximum atomic E-state index is 12.0. The molecule has 0 saturated heterocycles. The number of halogens is 1. The molecule has 1 heterocycles. The maximum absolute atomic E-state index is 12.0. The zero-order valence-corrected chi connectivity index (χ0v) is 15.8. The molecule has 140 valence electrons. The largest absolute Gasteiger partial charge is 0.494 e. The van der Waals surface area contributed by atoms with E-state index in [1.807, 2.05) is 42.5 Å². The molecule has 0 bridgehead atoms. The van der Waals surface area contributed by atoms with Crippen molar-refractivity contribution < 1.29 is 9.53 Å². The van der Waals surface area contributed by atoms with Gasteiger partial charge in [0.05, 0.1) is 24.2 Å². The molecule has 0 unspecified atom stereocenters. The molecule has 1 fully saturated rings. The predicted molar refractivity (Wildman–Crippen MR) is 106 cm³/mol. The molecule has 3 aromatic rings.